The lowest BCUT2D eigenvalue weighted by Crippen LogP contribution is -2.54. The number of rotatable bonds is 6. The molecule has 18 heavy (non-hydrogen) atoms. The number of piperidine rings is 1. The Balaban J connectivity index is 1.87. The number of hydrogen-bond donors (Lipinski definition) is 2. The van der Waals surface area contributed by atoms with Gasteiger partial charge in [0.05, 0.1) is 6.61 Å². The van der Waals surface area contributed by atoms with Crippen molar-refractivity contribution in [3.8, 4) is 0 Å². The molecule has 2 aliphatic rings. The van der Waals surface area contributed by atoms with Crippen LogP contribution in [0.1, 0.15) is 46.0 Å². The number of hydrogen-bond acceptors (Lipinski definition) is 3. The maximum Gasteiger partial charge on any atom is 0.0556 e. The van der Waals surface area contributed by atoms with Crippen LogP contribution in [0.25, 0.3) is 0 Å². The summed E-state index contributed by atoms with van der Waals surface area (Å²) in [4.78, 5) is 2.70. The molecule has 3 heteroatoms. The van der Waals surface area contributed by atoms with Crippen molar-refractivity contribution in [3.05, 3.63) is 0 Å². The summed E-state index contributed by atoms with van der Waals surface area (Å²) in [7, 11) is 0. The van der Waals surface area contributed by atoms with Crippen molar-refractivity contribution in [2.24, 2.45) is 11.8 Å². The summed E-state index contributed by atoms with van der Waals surface area (Å²) >= 11 is 0. The topological polar surface area (TPSA) is 35.5 Å². The molecule has 3 atom stereocenters. The molecule has 0 aromatic heterocycles. The summed E-state index contributed by atoms with van der Waals surface area (Å²) in [6.07, 6.45) is 6.87. The van der Waals surface area contributed by atoms with Gasteiger partial charge in [-0.1, -0.05) is 19.8 Å². The average molecular weight is 254 g/mol. The Morgan fingerprint density at radius 1 is 1.33 bits per heavy atom. The van der Waals surface area contributed by atoms with Gasteiger partial charge in [-0.25, -0.2) is 0 Å². The Morgan fingerprint density at radius 2 is 2.11 bits per heavy atom. The Bertz CT molecular complexity index is 243. The molecule has 0 spiro atoms. The molecule has 2 rings (SSSR count). The van der Waals surface area contributed by atoms with Crippen LogP contribution in [0.3, 0.4) is 0 Å². The quantitative estimate of drug-likeness (QED) is 0.759. The van der Waals surface area contributed by atoms with Crippen molar-refractivity contribution in [2.75, 3.05) is 26.2 Å². The number of aliphatic hydroxyl groups is 1. The summed E-state index contributed by atoms with van der Waals surface area (Å²) in [5.74, 6) is 1.77. The lowest BCUT2D eigenvalue weighted by Gasteiger charge is -2.45. The summed E-state index contributed by atoms with van der Waals surface area (Å²) < 4.78 is 0. The van der Waals surface area contributed by atoms with Gasteiger partial charge in [0.15, 0.2) is 0 Å². The van der Waals surface area contributed by atoms with Gasteiger partial charge >= 0.3 is 0 Å². The summed E-state index contributed by atoms with van der Waals surface area (Å²) in [5.41, 5.74) is 0. The Hall–Kier alpha value is -0.120. The second kappa shape index (κ2) is 6.88. The monoisotopic (exact) mass is 254 g/mol. The van der Waals surface area contributed by atoms with E-state index >= 15 is 0 Å². The molecular formula is C15H30N2O. The molecule has 1 heterocycles. The molecule has 3 nitrogen and oxygen atoms in total. The predicted octanol–water partition coefficient (Wildman–Crippen LogP) is 1.86. The second-order valence-electron chi connectivity index (χ2n) is 6.27. The van der Waals surface area contributed by atoms with Gasteiger partial charge in [-0.3, -0.25) is 4.90 Å². The lowest BCUT2D eigenvalue weighted by atomic mass is 9.78. The molecule has 1 aliphatic carbocycles. The third-order valence-corrected chi connectivity index (χ3v) is 5.10. The highest BCUT2D eigenvalue weighted by molar-refractivity contribution is 4.89. The summed E-state index contributed by atoms with van der Waals surface area (Å²) in [6, 6.07) is 1.34. The van der Waals surface area contributed by atoms with Gasteiger partial charge < -0.3 is 10.4 Å². The molecule has 0 bridgehead atoms. The van der Waals surface area contributed by atoms with E-state index in [0.29, 0.717) is 6.04 Å². The zero-order chi connectivity index (χ0) is 13.0. The highest BCUT2D eigenvalue weighted by Gasteiger charge is 2.33. The fourth-order valence-electron chi connectivity index (χ4n) is 3.51. The molecule has 2 N–H and O–H groups in total. The molecule has 0 aromatic rings. The van der Waals surface area contributed by atoms with Crippen molar-refractivity contribution < 1.29 is 5.11 Å². The standard InChI is InChI=1S/C15H30N2O/c1-3-13-9-15(16-7-8-18)11-17(10-13)12(2)14-5-4-6-14/h12-16,18H,3-11H2,1-2H3. The summed E-state index contributed by atoms with van der Waals surface area (Å²) in [6.45, 7) is 8.19. The van der Waals surface area contributed by atoms with Crippen molar-refractivity contribution >= 4 is 0 Å². The molecule has 2 fully saturated rings. The minimum absolute atomic E-state index is 0.255. The van der Waals surface area contributed by atoms with Crippen LogP contribution in [0, 0.1) is 11.8 Å². The van der Waals surface area contributed by atoms with E-state index in [9.17, 15) is 0 Å². The molecule has 1 saturated carbocycles. The number of nitrogens with zero attached hydrogens (tertiary/aromatic N) is 1. The molecule has 1 saturated heterocycles. The van der Waals surface area contributed by atoms with Gasteiger partial charge in [-0.05, 0) is 38.0 Å². The molecule has 0 radical (unpaired) electrons. The van der Waals surface area contributed by atoms with Crippen molar-refractivity contribution in [3.63, 3.8) is 0 Å². The normalized spacial score (nSPS) is 32.2. The molecule has 0 amide bonds. The molecule has 1 aliphatic heterocycles. The first-order valence-corrected chi connectivity index (χ1v) is 7.82. The van der Waals surface area contributed by atoms with E-state index in [1.165, 1.54) is 45.2 Å². The molecule has 3 unspecified atom stereocenters. The Morgan fingerprint density at radius 3 is 2.67 bits per heavy atom. The number of likely N-dealkylation sites (tertiary alicyclic amines) is 1. The van der Waals surface area contributed by atoms with Crippen LogP contribution < -0.4 is 5.32 Å². The zero-order valence-corrected chi connectivity index (χ0v) is 12.1. The van der Waals surface area contributed by atoms with Crippen LogP contribution in [0.5, 0.6) is 0 Å². The zero-order valence-electron chi connectivity index (χ0n) is 12.1. The summed E-state index contributed by atoms with van der Waals surface area (Å²) in [5, 5.41) is 12.5. The van der Waals surface area contributed by atoms with Gasteiger partial charge in [0.1, 0.15) is 0 Å². The Labute approximate surface area is 112 Å². The largest absolute Gasteiger partial charge is 0.395 e. The fourth-order valence-corrected chi connectivity index (χ4v) is 3.51. The van der Waals surface area contributed by atoms with Gasteiger partial charge in [0.25, 0.3) is 0 Å². The minimum Gasteiger partial charge on any atom is -0.395 e. The van der Waals surface area contributed by atoms with E-state index in [1.54, 1.807) is 0 Å². The van der Waals surface area contributed by atoms with E-state index in [-0.39, 0.29) is 6.61 Å². The minimum atomic E-state index is 0.255. The fraction of sp³-hybridized carbons (Fsp3) is 1.00. The van der Waals surface area contributed by atoms with E-state index < -0.39 is 0 Å². The van der Waals surface area contributed by atoms with Crippen LogP contribution >= 0.6 is 0 Å². The third kappa shape index (κ3) is 3.46. The van der Waals surface area contributed by atoms with Gasteiger partial charge in [0.2, 0.25) is 0 Å². The van der Waals surface area contributed by atoms with Crippen molar-refractivity contribution in [2.45, 2.75) is 58.0 Å². The van der Waals surface area contributed by atoms with E-state index in [4.69, 9.17) is 5.11 Å². The maximum atomic E-state index is 8.95. The molecular weight excluding hydrogens is 224 g/mol. The number of nitrogens with one attached hydrogen (secondary N) is 1. The smallest absolute Gasteiger partial charge is 0.0556 e. The second-order valence-corrected chi connectivity index (χ2v) is 6.27. The van der Waals surface area contributed by atoms with Gasteiger partial charge in [-0.2, -0.15) is 0 Å². The molecule has 0 aromatic carbocycles. The van der Waals surface area contributed by atoms with Crippen LogP contribution in [0.2, 0.25) is 0 Å². The van der Waals surface area contributed by atoms with Gasteiger partial charge in [-0.15, -0.1) is 0 Å². The SMILES string of the molecule is CCC1CC(NCCO)CN(C(C)C2CCC2)C1. The maximum absolute atomic E-state index is 8.95. The molecule has 106 valence electrons. The van der Waals surface area contributed by atoms with Gasteiger partial charge in [0, 0.05) is 31.7 Å². The van der Waals surface area contributed by atoms with E-state index in [1.807, 2.05) is 0 Å². The van der Waals surface area contributed by atoms with Crippen LogP contribution in [-0.4, -0.2) is 48.3 Å². The van der Waals surface area contributed by atoms with Crippen molar-refractivity contribution in [1.82, 2.24) is 10.2 Å². The first kappa shape index (κ1) is 14.3. The highest BCUT2D eigenvalue weighted by Crippen LogP contribution is 2.34. The van der Waals surface area contributed by atoms with Crippen LogP contribution in [0.4, 0.5) is 0 Å². The van der Waals surface area contributed by atoms with Crippen LogP contribution in [0.15, 0.2) is 0 Å². The van der Waals surface area contributed by atoms with Crippen LogP contribution in [-0.2, 0) is 0 Å². The Kier molecular flexibility index (Phi) is 5.46. The average Bonchev–Trinajstić information content (AvgIpc) is 2.33. The predicted molar refractivity (Wildman–Crippen MR) is 75.7 cm³/mol. The van der Waals surface area contributed by atoms with Crippen molar-refractivity contribution in [1.29, 1.82) is 0 Å². The lowest BCUT2D eigenvalue weighted by molar-refractivity contribution is 0.0498. The van der Waals surface area contributed by atoms with E-state index in [2.05, 4.69) is 24.1 Å². The third-order valence-electron chi connectivity index (χ3n) is 5.10. The number of aliphatic hydroxyl groups excluding tert-OH is 1. The first-order chi connectivity index (χ1) is 8.74. The first-order valence-electron chi connectivity index (χ1n) is 7.82. The van der Waals surface area contributed by atoms with E-state index in [0.717, 1.165) is 24.4 Å². The highest BCUT2D eigenvalue weighted by atomic mass is 16.3.